The van der Waals surface area contributed by atoms with E-state index in [4.69, 9.17) is 9.15 Å². The van der Waals surface area contributed by atoms with Crippen LogP contribution >= 0.6 is 23.1 Å². The number of amides is 1. The summed E-state index contributed by atoms with van der Waals surface area (Å²) in [4.78, 5) is 26.4. The van der Waals surface area contributed by atoms with Crippen LogP contribution in [0.5, 0.6) is 0 Å². The second-order valence-electron chi connectivity index (χ2n) is 7.86. The van der Waals surface area contributed by atoms with Crippen LogP contribution in [0.2, 0.25) is 0 Å². The molecule has 1 amide bonds. The number of nitrogens with one attached hydrogen (secondary N) is 1. The van der Waals surface area contributed by atoms with Crippen LogP contribution in [0.15, 0.2) is 33.9 Å². The van der Waals surface area contributed by atoms with Gasteiger partial charge in [-0.1, -0.05) is 36.4 Å². The molecule has 9 heteroatoms. The lowest BCUT2D eigenvalue weighted by Crippen LogP contribution is -2.17. The summed E-state index contributed by atoms with van der Waals surface area (Å²) >= 11 is 2.64. The first-order valence-electron chi connectivity index (χ1n) is 10.6. The molecule has 7 nitrogen and oxygen atoms in total. The van der Waals surface area contributed by atoms with Gasteiger partial charge in [-0.3, -0.25) is 4.79 Å². The van der Waals surface area contributed by atoms with Gasteiger partial charge in [0.05, 0.1) is 17.9 Å². The van der Waals surface area contributed by atoms with Crippen molar-refractivity contribution in [3.05, 3.63) is 45.8 Å². The standard InChI is InChI=1S/C23H25N3O4S2/c1-4-29-22(28)19-16-9-8-14(3)11-17(16)32-21(19)24-18(27)12-31-23-26-25-20(30-23)15-7-5-6-13(2)10-15/h5-7,10,14H,4,8-9,11-12H2,1-3H3,(H,24,27). The third-order valence-electron chi connectivity index (χ3n) is 5.24. The number of ether oxygens (including phenoxy) is 1. The van der Waals surface area contributed by atoms with Crippen LogP contribution in [0.4, 0.5) is 5.00 Å². The van der Waals surface area contributed by atoms with Gasteiger partial charge in [-0.2, -0.15) is 0 Å². The first-order valence-corrected chi connectivity index (χ1v) is 12.4. The maximum atomic E-state index is 12.6. The number of carbonyl (C=O) groups is 2. The fraction of sp³-hybridized carbons (Fsp3) is 0.391. The molecule has 1 N–H and O–H groups in total. The van der Waals surface area contributed by atoms with Gasteiger partial charge in [0.15, 0.2) is 0 Å². The molecule has 168 valence electrons. The molecule has 1 unspecified atom stereocenters. The number of esters is 1. The number of benzene rings is 1. The second kappa shape index (κ2) is 9.87. The van der Waals surface area contributed by atoms with E-state index >= 15 is 0 Å². The minimum Gasteiger partial charge on any atom is -0.462 e. The van der Waals surface area contributed by atoms with Crippen molar-refractivity contribution in [3.63, 3.8) is 0 Å². The molecule has 3 aromatic rings. The topological polar surface area (TPSA) is 94.3 Å². The molecule has 0 spiro atoms. The van der Waals surface area contributed by atoms with E-state index in [1.165, 1.54) is 11.3 Å². The third-order valence-corrected chi connectivity index (χ3v) is 7.23. The predicted molar refractivity (Wildman–Crippen MR) is 125 cm³/mol. The van der Waals surface area contributed by atoms with Crippen LogP contribution in [0.25, 0.3) is 11.5 Å². The highest BCUT2D eigenvalue weighted by atomic mass is 32.2. The van der Waals surface area contributed by atoms with Gasteiger partial charge in [-0.25, -0.2) is 4.79 Å². The lowest BCUT2D eigenvalue weighted by molar-refractivity contribution is -0.113. The quantitative estimate of drug-likeness (QED) is 0.377. The predicted octanol–water partition coefficient (Wildman–Crippen LogP) is 5.14. The molecule has 0 radical (unpaired) electrons. The number of hydrogen-bond acceptors (Lipinski definition) is 8. The molecule has 1 aliphatic rings. The zero-order valence-corrected chi connectivity index (χ0v) is 19.9. The highest BCUT2D eigenvalue weighted by Crippen LogP contribution is 2.40. The summed E-state index contributed by atoms with van der Waals surface area (Å²) in [5.41, 5.74) is 3.47. The molecule has 1 aromatic carbocycles. The summed E-state index contributed by atoms with van der Waals surface area (Å²) in [5, 5.41) is 11.9. The number of hydrogen-bond donors (Lipinski definition) is 1. The Kier molecular flexibility index (Phi) is 6.95. The highest BCUT2D eigenvalue weighted by molar-refractivity contribution is 7.99. The number of aromatic nitrogens is 2. The molecule has 1 atom stereocenters. The van der Waals surface area contributed by atoms with Crippen LogP contribution in [0.1, 0.15) is 46.6 Å². The Balaban J connectivity index is 1.44. The molecule has 0 saturated heterocycles. The van der Waals surface area contributed by atoms with E-state index in [-0.39, 0.29) is 17.6 Å². The monoisotopic (exact) mass is 471 g/mol. The number of anilines is 1. The first-order chi connectivity index (χ1) is 15.4. The smallest absolute Gasteiger partial charge is 0.341 e. The van der Waals surface area contributed by atoms with Crippen molar-refractivity contribution in [1.82, 2.24) is 10.2 Å². The van der Waals surface area contributed by atoms with Gasteiger partial charge >= 0.3 is 5.97 Å². The molecule has 1 aliphatic carbocycles. The SMILES string of the molecule is CCOC(=O)c1c(NC(=O)CSc2nnc(-c3cccc(C)c3)o2)sc2c1CCC(C)C2. The summed E-state index contributed by atoms with van der Waals surface area (Å²) in [6.45, 7) is 6.27. The summed E-state index contributed by atoms with van der Waals surface area (Å²) < 4.78 is 10.9. The van der Waals surface area contributed by atoms with Crippen molar-refractivity contribution in [2.75, 3.05) is 17.7 Å². The summed E-state index contributed by atoms with van der Waals surface area (Å²) in [6.07, 6.45) is 2.77. The zero-order valence-electron chi connectivity index (χ0n) is 18.3. The minimum atomic E-state index is -0.373. The van der Waals surface area contributed by atoms with Crippen LogP contribution in [-0.2, 0) is 22.4 Å². The first kappa shape index (κ1) is 22.5. The molecule has 32 heavy (non-hydrogen) atoms. The van der Waals surface area contributed by atoms with E-state index in [0.717, 1.165) is 52.6 Å². The molecule has 4 rings (SSSR count). The molecule has 2 heterocycles. The van der Waals surface area contributed by atoms with Crippen molar-refractivity contribution in [1.29, 1.82) is 0 Å². The highest BCUT2D eigenvalue weighted by Gasteiger charge is 2.29. The lowest BCUT2D eigenvalue weighted by atomic mass is 9.88. The van der Waals surface area contributed by atoms with Crippen molar-refractivity contribution in [2.24, 2.45) is 5.92 Å². The number of aryl methyl sites for hydroxylation is 1. The average Bonchev–Trinajstić information content (AvgIpc) is 3.36. The minimum absolute atomic E-state index is 0.0939. The van der Waals surface area contributed by atoms with Crippen LogP contribution in [0.3, 0.4) is 0 Å². The van der Waals surface area contributed by atoms with Crippen molar-refractivity contribution < 1.29 is 18.7 Å². The maximum absolute atomic E-state index is 12.6. The van der Waals surface area contributed by atoms with Crippen LogP contribution in [-0.4, -0.2) is 34.4 Å². The van der Waals surface area contributed by atoms with Gasteiger partial charge in [0.25, 0.3) is 5.22 Å². The number of thioether (sulfide) groups is 1. The third kappa shape index (κ3) is 5.05. The number of thiophene rings is 1. The van der Waals surface area contributed by atoms with Crippen LogP contribution < -0.4 is 5.32 Å². The molecular weight excluding hydrogens is 446 g/mol. The lowest BCUT2D eigenvalue weighted by Gasteiger charge is -2.18. The molecule has 0 bridgehead atoms. The number of fused-ring (bicyclic) bond motifs is 1. The maximum Gasteiger partial charge on any atom is 0.341 e. The molecule has 2 aromatic heterocycles. The van der Waals surface area contributed by atoms with E-state index in [9.17, 15) is 9.59 Å². The summed E-state index contributed by atoms with van der Waals surface area (Å²) in [7, 11) is 0. The summed E-state index contributed by atoms with van der Waals surface area (Å²) in [6, 6.07) is 7.79. The largest absolute Gasteiger partial charge is 0.462 e. The van der Waals surface area contributed by atoms with E-state index < -0.39 is 0 Å². The fourth-order valence-corrected chi connectivity index (χ4v) is 5.69. The van der Waals surface area contributed by atoms with E-state index in [0.29, 0.717) is 34.2 Å². The zero-order chi connectivity index (χ0) is 22.7. The Morgan fingerprint density at radius 1 is 1.34 bits per heavy atom. The van der Waals surface area contributed by atoms with Gasteiger partial charge in [0, 0.05) is 10.4 Å². The summed E-state index contributed by atoms with van der Waals surface area (Å²) in [5.74, 6) is 0.470. The number of carbonyl (C=O) groups excluding carboxylic acids is 2. The van der Waals surface area contributed by atoms with Gasteiger partial charge in [0.2, 0.25) is 11.8 Å². The fourth-order valence-electron chi connectivity index (χ4n) is 3.71. The number of nitrogens with zero attached hydrogens (tertiary/aromatic N) is 2. The molecule has 0 aliphatic heterocycles. The van der Waals surface area contributed by atoms with Gasteiger partial charge in [-0.05, 0) is 56.7 Å². The van der Waals surface area contributed by atoms with Crippen molar-refractivity contribution in [2.45, 2.75) is 45.3 Å². The molecule has 0 saturated carbocycles. The van der Waals surface area contributed by atoms with E-state index in [1.807, 2.05) is 31.2 Å². The number of rotatable bonds is 7. The van der Waals surface area contributed by atoms with Gasteiger partial charge in [0.1, 0.15) is 5.00 Å². The van der Waals surface area contributed by atoms with E-state index in [1.54, 1.807) is 6.92 Å². The van der Waals surface area contributed by atoms with Crippen molar-refractivity contribution in [3.8, 4) is 11.5 Å². The van der Waals surface area contributed by atoms with Gasteiger partial charge < -0.3 is 14.5 Å². The molecular formula is C23H25N3O4S2. The Bertz CT molecular complexity index is 1140. The van der Waals surface area contributed by atoms with Crippen molar-refractivity contribution >= 4 is 40.0 Å². The Labute approximate surface area is 195 Å². The average molecular weight is 472 g/mol. The Morgan fingerprint density at radius 2 is 2.19 bits per heavy atom. The Hall–Kier alpha value is -2.65. The normalized spacial score (nSPS) is 15.3. The Morgan fingerprint density at radius 3 is 2.97 bits per heavy atom. The molecule has 0 fully saturated rings. The van der Waals surface area contributed by atoms with E-state index in [2.05, 4.69) is 22.4 Å². The van der Waals surface area contributed by atoms with Gasteiger partial charge in [-0.15, -0.1) is 21.5 Å². The van der Waals surface area contributed by atoms with Crippen LogP contribution in [0, 0.1) is 12.8 Å². The second-order valence-corrected chi connectivity index (χ2v) is 9.89.